The molecule has 0 radical (unpaired) electrons. The lowest BCUT2D eigenvalue weighted by Crippen LogP contribution is -2.24. The second-order valence-corrected chi connectivity index (χ2v) is 5.82. The van der Waals surface area contributed by atoms with E-state index in [1.165, 1.54) is 6.21 Å². The Morgan fingerprint density at radius 3 is 2.90 bits per heavy atom. The van der Waals surface area contributed by atoms with Crippen LogP contribution in [0.3, 0.4) is 0 Å². The third-order valence-corrected chi connectivity index (χ3v) is 4.16. The molecule has 0 atom stereocenters. The van der Waals surface area contributed by atoms with Crippen molar-refractivity contribution in [2.45, 2.75) is 0 Å². The molecule has 0 aliphatic carbocycles. The summed E-state index contributed by atoms with van der Waals surface area (Å²) in [6, 6.07) is 8.50. The van der Waals surface area contributed by atoms with Crippen LogP contribution in [0.15, 0.2) is 49.0 Å². The fourth-order valence-corrected chi connectivity index (χ4v) is 2.12. The van der Waals surface area contributed by atoms with Gasteiger partial charge in [0.1, 0.15) is 11.5 Å². The normalized spacial score (nSPS) is 10.8. The van der Waals surface area contributed by atoms with E-state index >= 15 is 0 Å². The number of hydrogen-bond acceptors (Lipinski definition) is 4. The highest BCUT2D eigenvalue weighted by atomic mass is 79.9. The van der Waals surface area contributed by atoms with Crippen LogP contribution in [-0.2, 0) is 4.79 Å². The maximum atomic E-state index is 11.5. The van der Waals surface area contributed by atoms with Crippen molar-refractivity contribution in [3.05, 3.63) is 50.3 Å². The van der Waals surface area contributed by atoms with Crippen molar-refractivity contribution in [1.82, 2.24) is 5.43 Å². The standard InChI is InChI=1S/C13H9Br2ClN2O3/c14-11-5-10(21-13(11)15)6-17-18-12(19)7-20-9-3-1-2-8(16)4-9/h1-6H,7H2,(H,18,19)/b17-6+. The summed E-state index contributed by atoms with van der Waals surface area (Å²) in [7, 11) is 0. The van der Waals surface area contributed by atoms with Crippen molar-refractivity contribution < 1.29 is 13.9 Å². The highest BCUT2D eigenvalue weighted by molar-refractivity contribution is 9.13. The number of hydrogen-bond donors (Lipinski definition) is 1. The third-order valence-electron chi connectivity index (χ3n) is 2.21. The summed E-state index contributed by atoms with van der Waals surface area (Å²) in [6.07, 6.45) is 1.38. The number of carbonyl (C=O) groups is 1. The predicted octanol–water partition coefficient (Wildman–Crippen LogP) is 3.99. The van der Waals surface area contributed by atoms with Gasteiger partial charge in [-0.2, -0.15) is 5.10 Å². The summed E-state index contributed by atoms with van der Waals surface area (Å²) in [5.74, 6) is 0.612. The lowest BCUT2D eigenvalue weighted by molar-refractivity contribution is -0.123. The molecule has 0 aliphatic heterocycles. The van der Waals surface area contributed by atoms with Gasteiger partial charge in [-0.05, 0) is 50.1 Å². The predicted molar refractivity (Wildman–Crippen MR) is 86.8 cm³/mol. The maximum Gasteiger partial charge on any atom is 0.277 e. The van der Waals surface area contributed by atoms with Crippen LogP contribution in [0.25, 0.3) is 0 Å². The zero-order valence-electron chi connectivity index (χ0n) is 10.5. The van der Waals surface area contributed by atoms with Crippen LogP contribution in [-0.4, -0.2) is 18.7 Å². The van der Waals surface area contributed by atoms with Crippen LogP contribution < -0.4 is 10.2 Å². The molecule has 0 saturated heterocycles. The minimum atomic E-state index is -0.393. The smallest absolute Gasteiger partial charge is 0.277 e. The van der Waals surface area contributed by atoms with E-state index in [2.05, 4.69) is 42.4 Å². The quantitative estimate of drug-likeness (QED) is 0.570. The van der Waals surface area contributed by atoms with Gasteiger partial charge in [0.15, 0.2) is 11.3 Å². The highest BCUT2D eigenvalue weighted by Crippen LogP contribution is 2.25. The van der Waals surface area contributed by atoms with Crippen LogP contribution in [0.1, 0.15) is 5.76 Å². The maximum absolute atomic E-state index is 11.5. The first-order valence-corrected chi connectivity index (χ1v) is 7.66. The van der Waals surface area contributed by atoms with E-state index in [0.29, 0.717) is 21.2 Å². The molecule has 0 unspecified atom stereocenters. The molecule has 0 fully saturated rings. The molecular formula is C13H9Br2ClN2O3. The zero-order chi connectivity index (χ0) is 15.2. The number of ether oxygens (including phenoxy) is 1. The van der Waals surface area contributed by atoms with Crippen LogP contribution in [0.5, 0.6) is 5.75 Å². The van der Waals surface area contributed by atoms with E-state index in [-0.39, 0.29) is 6.61 Å². The number of furan rings is 1. The average molecular weight is 436 g/mol. The Labute approximate surface area is 142 Å². The molecular weight excluding hydrogens is 427 g/mol. The zero-order valence-corrected chi connectivity index (χ0v) is 14.4. The summed E-state index contributed by atoms with van der Waals surface area (Å²) >= 11 is 12.3. The summed E-state index contributed by atoms with van der Waals surface area (Å²) in [5, 5.41) is 4.30. The van der Waals surface area contributed by atoms with E-state index in [1.807, 2.05) is 0 Å². The van der Waals surface area contributed by atoms with Gasteiger partial charge in [0, 0.05) is 11.1 Å². The van der Waals surface area contributed by atoms with E-state index in [0.717, 1.165) is 4.47 Å². The number of halogens is 3. The Hall–Kier alpha value is -1.31. The minimum absolute atomic E-state index is 0.163. The molecule has 21 heavy (non-hydrogen) atoms. The van der Waals surface area contributed by atoms with Gasteiger partial charge in [0.2, 0.25) is 0 Å². The van der Waals surface area contributed by atoms with Gasteiger partial charge < -0.3 is 9.15 Å². The summed E-state index contributed by atoms with van der Waals surface area (Å²) in [5.41, 5.74) is 2.33. The Morgan fingerprint density at radius 2 is 2.24 bits per heavy atom. The van der Waals surface area contributed by atoms with Crippen molar-refractivity contribution >= 4 is 55.6 Å². The third kappa shape index (κ3) is 5.18. The highest BCUT2D eigenvalue weighted by Gasteiger charge is 2.04. The second-order valence-electron chi connectivity index (χ2n) is 3.81. The van der Waals surface area contributed by atoms with Crippen molar-refractivity contribution in [1.29, 1.82) is 0 Å². The van der Waals surface area contributed by atoms with Crippen molar-refractivity contribution in [2.75, 3.05) is 6.61 Å². The lowest BCUT2D eigenvalue weighted by Gasteiger charge is -2.04. The molecule has 0 saturated carbocycles. The monoisotopic (exact) mass is 434 g/mol. The first kappa shape index (κ1) is 16.1. The molecule has 1 amide bonds. The minimum Gasteiger partial charge on any atom is -0.484 e. The largest absolute Gasteiger partial charge is 0.484 e. The fourth-order valence-electron chi connectivity index (χ4n) is 1.33. The molecule has 1 heterocycles. The lowest BCUT2D eigenvalue weighted by atomic mass is 10.3. The molecule has 110 valence electrons. The Bertz CT molecular complexity index is 654. The second kappa shape index (κ2) is 7.63. The van der Waals surface area contributed by atoms with Gasteiger partial charge >= 0.3 is 0 Å². The van der Waals surface area contributed by atoms with Crippen molar-refractivity contribution in [3.63, 3.8) is 0 Å². The molecule has 1 aromatic carbocycles. The topological polar surface area (TPSA) is 63.8 Å². The number of amides is 1. The molecule has 1 N–H and O–H groups in total. The van der Waals surface area contributed by atoms with Crippen LogP contribution in [0.4, 0.5) is 0 Å². The van der Waals surface area contributed by atoms with Crippen LogP contribution >= 0.6 is 43.5 Å². The van der Waals surface area contributed by atoms with Gasteiger partial charge in [0.05, 0.1) is 10.7 Å². The fraction of sp³-hybridized carbons (Fsp3) is 0.0769. The number of rotatable bonds is 5. The summed E-state index contributed by atoms with van der Waals surface area (Å²) in [6.45, 7) is -0.163. The molecule has 2 rings (SSSR count). The van der Waals surface area contributed by atoms with Gasteiger partial charge in [-0.15, -0.1) is 0 Å². The van der Waals surface area contributed by atoms with Crippen LogP contribution in [0, 0.1) is 0 Å². The molecule has 0 aliphatic rings. The summed E-state index contributed by atoms with van der Waals surface area (Å²) in [4.78, 5) is 11.5. The van der Waals surface area contributed by atoms with E-state index in [9.17, 15) is 4.79 Å². The number of benzene rings is 1. The molecule has 1 aromatic heterocycles. The van der Waals surface area contributed by atoms with Gasteiger partial charge in [-0.3, -0.25) is 4.79 Å². The molecule has 5 nitrogen and oxygen atoms in total. The SMILES string of the molecule is O=C(COc1cccc(Cl)c1)N/N=C/c1cc(Br)c(Br)o1. The first-order valence-electron chi connectivity index (χ1n) is 5.69. The molecule has 0 spiro atoms. The van der Waals surface area contributed by atoms with Crippen LogP contribution in [0.2, 0.25) is 5.02 Å². The number of nitrogens with one attached hydrogen (secondary N) is 1. The number of hydrazone groups is 1. The van der Waals surface area contributed by atoms with Crippen molar-refractivity contribution in [2.24, 2.45) is 5.10 Å². The molecule has 0 bridgehead atoms. The van der Waals surface area contributed by atoms with Crippen molar-refractivity contribution in [3.8, 4) is 5.75 Å². The Balaban J connectivity index is 1.79. The Kier molecular flexibility index (Phi) is 5.84. The van der Waals surface area contributed by atoms with E-state index in [4.69, 9.17) is 20.8 Å². The molecule has 8 heteroatoms. The van der Waals surface area contributed by atoms with Gasteiger partial charge in [-0.1, -0.05) is 17.7 Å². The van der Waals surface area contributed by atoms with E-state index < -0.39 is 5.91 Å². The Morgan fingerprint density at radius 1 is 1.43 bits per heavy atom. The first-order chi connectivity index (χ1) is 10.0. The number of carbonyl (C=O) groups excluding carboxylic acids is 1. The van der Waals surface area contributed by atoms with E-state index in [1.54, 1.807) is 30.3 Å². The number of nitrogens with zero attached hydrogens (tertiary/aromatic N) is 1. The van der Waals surface area contributed by atoms with Gasteiger partial charge in [-0.25, -0.2) is 5.43 Å². The summed E-state index contributed by atoms with van der Waals surface area (Å²) < 4.78 is 11.8. The van der Waals surface area contributed by atoms with Gasteiger partial charge in [0.25, 0.3) is 5.91 Å². The average Bonchev–Trinajstić information content (AvgIpc) is 2.75. The molecule has 2 aromatic rings.